The van der Waals surface area contributed by atoms with Crippen molar-refractivity contribution in [3.05, 3.63) is 15.8 Å². The molecule has 80 valence electrons. The normalized spacial score (nSPS) is 15.1. The number of rotatable bonds is 1. The molecule has 2 heterocycles. The average molecular weight is 225 g/mol. The van der Waals surface area contributed by atoms with Crippen LogP contribution in [0.5, 0.6) is 0 Å². The third-order valence-electron chi connectivity index (χ3n) is 2.47. The molecule has 0 radical (unpaired) electrons. The van der Waals surface area contributed by atoms with Gasteiger partial charge in [-0.05, 0) is 12.5 Å². The lowest BCUT2D eigenvalue weighted by atomic mass is 10.1. The van der Waals surface area contributed by atoms with Gasteiger partial charge in [-0.3, -0.25) is 4.79 Å². The maximum atomic E-state index is 11.4. The minimum absolute atomic E-state index is 0.0942. The fourth-order valence-corrected chi connectivity index (χ4v) is 2.71. The van der Waals surface area contributed by atoms with E-state index < -0.39 is 0 Å². The second-order valence-corrected chi connectivity index (χ2v) is 4.50. The average Bonchev–Trinajstić information content (AvgIpc) is 2.67. The van der Waals surface area contributed by atoms with Gasteiger partial charge in [-0.2, -0.15) is 0 Å². The van der Waals surface area contributed by atoms with E-state index in [1.807, 2.05) is 0 Å². The molecule has 0 aromatic carbocycles. The van der Waals surface area contributed by atoms with Gasteiger partial charge < -0.3 is 9.64 Å². The zero-order valence-electron chi connectivity index (χ0n) is 8.57. The van der Waals surface area contributed by atoms with Gasteiger partial charge in [-0.25, -0.2) is 4.79 Å². The number of nitrogens with zero attached hydrogens (tertiary/aromatic N) is 1. The predicted molar refractivity (Wildman–Crippen MR) is 57.4 cm³/mol. The van der Waals surface area contributed by atoms with E-state index in [0.717, 1.165) is 17.0 Å². The van der Waals surface area contributed by atoms with E-state index in [2.05, 4.69) is 4.74 Å². The van der Waals surface area contributed by atoms with Crippen LogP contribution in [0.15, 0.2) is 6.07 Å². The highest BCUT2D eigenvalue weighted by atomic mass is 32.1. The Morgan fingerprint density at radius 3 is 2.93 bits per heavy atom. The van der Waals surface area contributed by atoms with E-state index in [4.69, 9.17) is 0 Å². The molecule has 0 spiro atoms. The Morgan fingerprint density at radius 1 is 1.53 bits per heavy atom. The predicted octanol–water partition coefficient (Wildman–Crippen LogP) is 1.44. The number of carbonyl (C=O) groups excluding carboxylic acids is 2. The van der Waals surface area contributed by atoms with Gasteiger partial charge >= 0.3 is 5.97 Å². The summed E-state index contributed by atoms with van der Waals surface area (Å²) >= 11 is 1.41. The Balaban J connectivity index is 2.39. The van der Waals surface area contributed by atoms with Gasteiger partial charge in [0.2, 0.25) is 5.91 Å². The van der Waals surface area contributed by atoms with Crippen molar-refractivity contribution in [2.45, 2.75) is 12.8 Å². The first kappa shape index (κ1) is 10.2. The molecule has 2 rings (SSSR count). The monoisotopic (exact) mass is 225 g/mol. The Hall–Kier alpha value is -1.36. The molecule has 0 saturated heterocycles. The summed E-state index contributed by atoms with van der Waals surface area (Å²) < 4.78 is 4.64. The van der Waals surface area contributed by atoms with Gasteiger partial charge in [0.15, 0.2) is 0 Å². The van der Waals surface area contributed by atoms with Gasteiger partial charge in [0.1, 0.15) is 4.88 Å². The number of fused-ring (bicyclic) bond motifs is 1. The second-order valence-electron chi connectivity index (χ2n) is 3.36. The molecule has 0 bridgehead atoms. The lowest BCUT2D eigenvalue weighted by molar-refractivity contribution is -0.118. The van der Waals surface area contributed by atoms with Crippen LogP contribution in [0.1, 0.15) is 21.0 Å². The third-order valence-corrected chi connectivity index (χ3v) is 3.64. The first-order valence-electron chi connectivity index (χ1n) is 4.61. The maximum Gasteiger partial charge on any atom is 0.348 e. The van der Waals surface area contributed by atoms with Crippen molar-refractivity contribution in [1.82, 2.24) is 0 Å². The summed E-state index contributed by atoms with van der Waals surface area (Å²) in [5.74, 6) is -0.244. The highest BCUT2D eigenvalue weighted by molar-refractivity contribution is 7.14. The van der Waals surface area contributed by atoms with Crippen molar-refractivity contribution < 1.29 is 14.3 Å². The molecule has 1 aromatic rings. The number of ether oxygens (including phenoxy) is 1. The molecule has 5 heteroatoms. The van der Waals surface area contributed by atoms with Crippen LogP contribution in [0.25, 0.3) is 0 Å². The summed E-state index contributed by atoms with van der Waals surface area (Å²) in [6.45, 7) is 0. The largest absolute Gasteiger partial charge is 0.465 e. The van der Waals surface area contributed by atoms with Crippen LogP contribution in [-0.2, 0) is 16.0 Å². The first-order valence-corrected chi connectivity index (χ1v) is 5.42. The molecule has 0 fully saturated rings. The quantitative estimate of drug-likeness (QED) is 0.679. The number of carbonyl (C=O) groups is 2. The summed E-state index contributed by atoms with van der Waals surface area (Å²) in [6, 6.07) is 1.73. The molecule has 0 unspecified atom stereocenters. The van der Waals surface area contributed by atoms with Crippen molar-refractivity contribution >= 4 is 28.9 Å². The lowest BCUT2D eigenvalue weighted by Gasteiger charge is -2.21. The van der Waals surface area contributed by atoms with Gasteiger partial charge in [0, 0.05) is 18.3 Å². The van der Waals surface area contributed by atoms with E-state index in [1.54, 1.807) is 18.0 Å². The SMILES string of the molecule is COC(=O)c1cc2c(s1)CCC(=O)N2C. The van der Waals surface area contributed by atoms with Crippen molar-refractivity contribution in [3.8, 4) is 0 Å². The fourth-order valence-electron chi connectivity index (χ4n) is 1.61. The molecule has 0 aliphatic carbocycles. The summed E-state index contributed by atoms with van der Waals surface area (Å²) in [4.78, 5) is 26.0. The van der Waals surface area contributed by atoms with E-state index >= 15 is 0 Å². The summed E-state index contributed by atoms with van der Waals surface area (Å²) in [6.07, 6.45) is 1.24. The number of anilines is 1. The number of hydrogen-bond donors (Lipinski definition) is 0. The minimum Gasteiger partial charge on any atom is -0.465 e. The second kappa shape index (κ2) is 3.66. The molecule has 1 aromatic heterocycles. The van der Waals surface area contributed by atoms with Crippen molar-refractivity contribution in [3.63, 3.8) is 0 Å². The molecular weight excluding hydrogens is 214 g/mol. The number of esters is 1. The lowest BCUT2D eigenvalue weighted by Crippen LogP contribution is -2.29. The minimum atomic E-state index is -0.338. The zero-order chi connectivity index (χ0) is 11.0. The Kier molecular flexibility index (Phi) is 2.48. The Labute approximate surface area is 91.5 Å². The van der Waals surface area contributed by atoms with Crippen LogP contribution < -0.4 is 4.90 Å². The molecule has 1 aliphatic heterocycles. The third kappa shape index (κ3) is 1.63. The zero-order valence-corrected chi connectivity index (χ0v) is 9.39. The van der Waals surface area contributed by atoms with Gasteiger partial charge in [0.25, 0.3) is 0 Å². The summed E-state index contributed by atoms with van der Waals surface area (Å²) in [5.41, 5.74) is 0.844. The van der Waals surface area contributed by atoms with Crippen LogP contribution in [0.2, 0.25) is 0 Å². The summed E-state index contributed by atoms with van der Waals surface area (Å²) in [7, 11) is 3.09. The molecule has 0 N–H and O–H groups in total. The van der Waals surface area contributed by atoms with Crippen LogP contribution >= 0.6 is 11.3 Å². The Bertz CT molecular complexity index is 424. The van der Waals surface area contributed by atoms with Crippen LogP contribution in [0, 0.1) is 0 Å². The van der Waals surface area contributed by atoms with Crippen LogP contribution in [-0.4, -0.2) is 26.0 Å². The highest BCUT2D eigenvalue weighted by Crippen LogP contribution is 2.34. The molecular formula is C10H11NO3S. The molecule has 0 atom stereocenters. The summed E-state index contributed by atoms with van der Waals surface area (Å²) in [5, 5.41) is 0. The number of amides is 1. The smallest absolute Gasteiger partial charge is 0.348 e. The maximum absolute atomic E-state index is 11.4. The topological polar surface area (TPSA) is 46.6 Å². The Morgan fingerprint density at radius 2 is 2.27 bits per heavy atom. The standard InChI is InChI=1S/C10H11NO3S/c1-11-6-5-8(10(13)14-2)15-7(6)3-4-9(11)12/h5H,3-4H2,1-2H3. The van der Waals surface area contributed by atoms with Crippen molar-refractivity contribution in [1.29, 1.82) is 0 Å². The van der Waals surface area contributed by atoms with E-state index in [-0.39, 0.29) is 11.9 Å². The number of methoxy groups -OCH3 is 1. The van der Waals surface area contributed by atoms with E-state index in [1.165, 1.54) is 18.4 Å². The number of hydrogen-bond acceptors (Lipinski definition) is 4. The van der Waals surface area contributed by atoms with Crippen molar-refractivity contribution in [2.24, 2.45) is 0 Å². The first-order chi connectivity index (χ1) is 7.13. The van der Waals surface area contributed by atoms with Crippen LogP contribution in [0.3, 0.4) is 0 Å². The molecule has 15 heavy (non-hydrogen) atoms. The highest BCUT2D eigenvalue weighted by Gasteiger charge is 2.25. The van der Waals surface area contributed by atoms with E-state index in [9.17, 15) is 9.59 Å². The van der Waals surface area contributed by atoms with Crippen molar-refractivity contribution in [2.75, 3.05) is 19.1 Å². The van der Waals surface area contributed by atoms with Gasteiger partial charge in [-0.15, -0.1) is 11.3 Å². The van der Waals surface area contributed by atoms with Crippen LogP contribution in [0.4, 0.5) is 5.69 Å². The number of aryl methyl sites for hydroxylation is 1. The molecule has 0 saturated carbocycles. The molecule has 1 aliphatic rings. The number of thiophene rings is 1. The fraction of sp³-hybridized carbons (Fsp3) is 0.400. The van der Waals surface area contributed by atoms with E-state index in [0.29, 0.717) is 11.3 Å². The molecule has 4 nitrogen and oxygen atoms in total. The van der Waals surface area contributed by atoms with Gasteiger partial charge in [0.05, 0.1) is 12.8 Å². The molecule has 1 amide bonds. The van der Waals surface area contributed by atoms with Gasteiger partial charge in [-0.1, -0.05) is 0 Å².